The summed E-state index contributed by atoms with van der Waals surface area (Å²) in [6.07, 6.45) is 5.29. The standard InChI is InChI=1S/C15H28N2O2.ClH/c1-15(2)6-4-12(5-7-15)17(3)14(18)10-13-11-16-8-9-19-13;/h12-13,16H,4-11H2,1-3H3;1H. The van der Waals surface area contributed by atoms with Crippen molar-refractivity contribution in [3.05, 3.63) is 0 Å². The maximum atomic E-state index is 12.3. The van der Waals surface area contributed by atoms with E-state index in [4.69, 9.17) is 4.74 Å². The molecule has 1 atom stereocenters. The van der Waals surface area contributed by atoms with Gasteiger partial charge in [-0.1, -0.05) is 13.8 Å². The van der Waals surface area contributed by atoms with Crippen LogP contribution in [0.2, 0.25) is 0 Å². The van der Waals surface area contributed by atoms with Gasteiger partial charge in [0.05, 0.1) is 19.1 Å². The molecule has 1 unspecified atom stereocenters. The largest absolute Gasteiger partial charge is 0.375 e. The SMILES string of the molecule is CN(C(=O)CC1CNCCO1)C1CCC(C)(C)CC1.Cl. The summed E-state index contributed by atoms with van der Waals surface area (Å²) in [6, 6.07) is 0.428. The van der Waals surface area contributed by atoms with Crippen LogP contribution in [-0.2, 0) is 9.53 Å². The maximum Gasteiger partial charge on any atom is 0.225 e. The molecule has 0 aromatic rings. The quantitative estimate of drug-likeness (QED) is 0.869. The summed E-state index contributed by atoms with van der Waals surface area (Å²) in [7, 11) is 1.96. The summed E-state index contributed by atoms with van der Waals surface area (Å²) in [5, 5.41) is 3.27. The summed E-state index contributed by atoms with van der Waals surface area (Å²) < 4.78 is 5.61. The van der Waals surface area contributed by atoms with Gasteiger partial charge in [0, 0.05) is 26.2 Å². The van der Waals surface area contributed by atoms with Gasteiger partial charge in [0.2, 0.25) is 5.91 Å². The first-order chi connectivity index (χ1) is 8.98. The Morgan fingerprint density at radius 2 is 2.00 bits per heavy atom. The highest BCUT2D eigenvalue weighted by molar-refractivity contribution is 5.85. The third kappa shape index (κ3) is 4.90. The fourth-order valence-electron chi connectivity index (χ4n) is 3.06. The normalized spacial score (nSPS) is 26.6. The molecule has 4 nitrogen and oxygen atoms in total. The topological polar surface area (TPSA) is 41.6 Å². The van der Waals surface area contributed by atoms with Crippen LogP contribution in [0.4, 0.5) is 0 Å². The van der Waals surface area contributed by atoms with Crippen molar-refractivity contribution in [1.29, 1.82) is 0 Å². The number of ether oxygens (including phenoxy) is 1. The van der Waals surface area contributed by atoms with Gasteiger partial charge in [0.1, 0.15) is 0 Å². The van der Waals surface area contributed by atoms with Crippen molar-refractivity contribution < 1.29 is 9.53 Å². The molecule has 1 heterocycles. The molecule has 1 saturated carbocycles. The van der Waals surface area contributed by atoms with E-state index in [-0.39, 0.29) is 24.4 Å². The smallest absolute Gasteiger partial charge is 0.225 e. The van der Waals surface area contributed by atoms with Crippen molar-refractivity contribution in [2.24, 2.45) is 5.41 Å². The van der Waals surface area contributed by atoms with Gasteiger partial charge in [-0.05, 0) is 31.1 Å². The summed E-state index contributed by atoms with van der Waals surface area (Å²) in [5.74, 6) is 0.235. The summed E-state index contributed by atoms with van der Waals surface area (Å²) in [6.45, 7) is 7.08. The molecule has 2 aliphatic rings. The third-order valence-corrected chi connectivity index (χ3v) is 4.66. The molecule has 0 aromatic heterocycles. The van der Waals surface area contributed by atoms with E-state index in [1.165, 1.54) is 12.8 Å². The van der Waals surface area contributed by atoms with Gasteiger partial charge in [0.15, 0.2) is 0 Å². The molecule has 118 valence electrons. The van der Waals surface area contributed by atoms with E-state index in [9.17, 15) is 4.79 Å². The van der Waals surface area contributed by atoms with Crippen molar-refractivity contribution >= 4 is 18.3 Å². The van der Waals surface area contributed by atoms with E-state index in [0.717, 1.165) is 32.5 Å². The Morgan fingerprint density at radius 3 is 2.55 bits per heavy atom. The zero-order valence-corrected chi connectivity index (χ0v) is 13.8. The number of hydrogen-bond donors (Lipinski definition) is 1. The van der Waals surface area contributed by atoms with Crippen molar-refractivity contribution in [2.75, 3.05) is 26.7 Å². The van der Waals surface area contributed by atoms with Gasteiger partial charge < -0.3 is 15.0 Å². The number of nitrogens with one attached hydrogen (secondary N) is 1. The van der Waals surface area contributed by atoms with Gasteiger partial charge in [-0.2, -0.15) is 0 Å². The van der Waals surface area contributed by atoms with Crippen LogP contribution in [0.15, 0.2) is 0 Å². The second kappa shape index (κ2) is 7.62. The second-order valence-corrected chi connectivity index (χ2v) is 6.80. The molecule has 0 spiro atoms. The minimum absolute atomic E-state index is 0. The van der Waals surface area contributed by atoms with Gasteiger partial charge in [-0.15, -0.1) is 12.4 Å². The molecule has 0 aromatic carbocycles. The highest BCUT2D eigenvalue weighted by Crippen LogP contribution is 2.36. The van der Waals surface area contributed by atoms with E-state index in [2.05, 4.69) is 19.2 Å². The van der Waals surface area contributed by atoms with E-state index < -0.39 is 0 Å². The lowest BCUT2D eigenvalue weighted by atomic mass is 9.75. The molecule has 0 radical (unpaired) electrons. The van der Waals surface area contributed by atoms with E-state index in [1.807, 2.05) is 11.9 Å². The first-order valence-corrected chi connectivity index (χ1v) is 7.56. The molecule has 1 aliphatic carbocycles. The lowest BCUT2D eigenvalue weighted by Gasteiger charge is -2.39. The molecule has 20 heavy (non-hydrogen) atoms. The predicted molar refractivity (Wildman–Crippen MR) is 83.3 cm³/mol. The van der Waals surface area contributed by atoms with Crippen molar-refractivity contribution in [2.45, 2.75) is 58.1 Å². The molecule has 2 fully saturated rings. The van der Waals surface area contributed by atoms with Crippen LogP contribution in [0, 0.1) is 5.41 Å². The van der Waals surface area contributed by atoms with Crippen LogP contribution in [-0.4, -0.2) is 49.7 Å². The number of carbonyl (C=O) groups excluding carboxylic acids is 1. The van der Waals surface area contributed by atoms with Crippen molar-refractivity contribution in [3.8, 4) is 0 Å². The number of carbonyl (C=O) groups is 1. The van der Waals surface area contributed by atoms with E-state index >= 15 is 0 Å². The fourth-order valence-corrected chi connectivity index (χ4v) is 3.06. The highest BCUT2D eigenvalue weighted by Gasteiger charge is 2.31. The Balaban J connectivity index is 0.00000200. The highest BCUT2D eigenvalue weighted by atomic mass is 35.5. The zero-order chi connectivity index (χ0) is 13.9. The average Bonchev–Trinajstić information content (AvgIpc) is 2.39. The van der Waals surface area contributed by atoms with Crippen LogP contribution in [0.1, 0.15) is 46.0 Å². The Kier molecular flexibility index (Phi) is 6.76. The molecule has 0 bridgehead atoms. The minimum Gasteiger partial charge on any atom is -0.375 e. The van der Waals surface area contributed by atoms with Gasteiger partial charge in [-0.3, -0.25) is 4.79 Å². The molecule has 1 saturated heterocycles. The monoisotopic (exact) mass is 304 g/mol. The Morgan fingerprint density at radius 1 is 1.35 bits per heavy atom. The van der Waals surface area contributed by atoms with Crippen LogP contribution < -0.4 is 5.32 Å². The Labute approximate surface area is 129 Å². The molecule has 1 aliphatic heterocycles. The van der Waals surface area contributed by atoms with Gasteiger partial charge >= 0.3 is 0 Å². The van der Waals surface area contributed by atoms with Crippen molar-refractivity contribution in [1.82, 2.24) is 10.2 Å². The number of amides is 1. The lowest BCUT2D eigenvalue weighted by Crippen LogP contribution is -2.45. The third-order valence-electron chi connectivity index (χ3n) is 4.66. The van der Waals surface area contributed by atoms with E-state index in [1.54, 1.807) is 0 Å². The Hall–Kier alpha value is -0.320. The second-order valence-electron chi connectivity index (χ2n) is 6.80. The molecule has 1 amide bonds. The Bertz CT molecular complexity index is 307. The van der Waals surface area contributed by atoms with Crippen LogP contribution >= 0.6 is 12.4 Å². The number of nitrogens with zero attached hydrogens (tertiary/aromatic N) is 1. The number of rotatable bonds is 3. The van der Waals surface area contributed by atoms with Crippen LogP contribution in [0.25, 0.3) is 0 Å². The van der Waals surface area contributed by atoms with Crippen LogP contribution in [0.5, 0.6) is 0 Å². The molecular weight excluding hydrogens is 276 g/mol. The van der Waals surface area contributed by atoms with E-state index in [0.29, 0.717) is 17.9 Å². The number of hydrogen-bond acceptors (Lipinski definition) is 3. The molecular formula is C15H29ClN2O2. The summed E-state index contributed by atoms with van der Waals surface area (Å²) >= 11 is 0. The van der Waals surface area contributed by atoms with Gasteiger partial charge in [-0.25, -0.2) is 0 Å². The van der Waals surface area contributed by atoms with Gasteiger partial charge in [0.25, 0.3) is 0 Å². The summed E-state index contributed by atoms with van der Waals surface area (Å²) in [4.78, 5) is 14.3. The molecule has 5 heteroatoms. The maximum absolute atomic E-state index is 12.3. The summed E-state index contributed by atoms with van der Waals surface area (Å²) in [5.41, 5.74) is 0.455. The molecule has 2 rings (SSSR count). The molecule has 1 N–H and O–H groups in total. The minimum atomic E-state index is 0. The predicted octanol–water partition coefficient (Wildman–Crippen LogP) is 2.21. The first kappa shape index (κ1) is 17.7. The lowest BCUT2D eigenvalue weighted by molar-refractivity contribution is -0.136. The number of halogens is 1. The van der Waals surface area contributed by atoms with Crippen LogP contribution in [0.3, 0.4) is 0 Å². The zero-order valence-electron chi connectivity index (χ0n) is 13.0. The average molecular weight is 305 g/mol. The number of morpholine rings is 1. The first-order valence-electron chi connectivity index (χ1n) is 7.56. The fraction of sp³-hybridized carbons (Fsp3) is 0.933. The van der Waals surface area contributed by atoms with Crippen molar-refractivity contribution in [3.63, 3.8) is 0 Å².